The Kier molecular flexibility index (Phi) is 7.46. The molecular weight excluding hydrogens is 454 g/mol. The molecule has 0 radical (unpaired) electrons. The van der Waals surface area contributed by atoms with E-state index in [1.54, 1.807) is 16.3 Å². The third-order valence-corrected chi connectivity index (χ3v) is 7.03. The van der Waals surface area contributed by atoms with Crippen LogP contribution in [-0.2, 0) is 20.9 Å². The Morgan fingerprint density at radius 3 is 2.71 bits per heavy atom. The van der Waals surface area contributed by atoms with Crippen LogP contribution in [0.3, 0.4) is 0 Å². The van der Waals surface area contributed by atoms with E-state index in [-0.39, 0.29) is 42.6 Å². The number of nitrogens with one attached hydrogen (secondary N) is 3. The molecular formula is C24H29N5O4S. The largest absolute Gasteiger partial charge is 0.494 e. The van der Waals surface area contributed by atoms with Crippen LogP contribution in [0.5, 0.6) is 5.75 Å². The zero-order chi connectivity index (χ0) is 24.1. The van der Waals surface area contributed by atoms with E-state index in [4.69, 9.17) is 15.9 Å². The molecule has 2 aromatic rings. The standard InChI is InChI=1S/C24H29N5O4S/c25-23(26)16-9-18(34-14-16)12-28-24(32)20-11-15-10-19(15)29(20)22(31)13-27-21(30)7-4-8-33-17-5-2-1-3-6-17/h1-3,5-6,9,14-15,19-20H,4,7-8,10-13H2,(H3,25,26)(H,27,30)(H,28,32). The summed E-state index contributed by atoms with van der Waals surface area (Å²) in [5.41, 5.74) is 6.12. The molecule has 10 heteroatoms. The number of nitrogens with zero attached hydrogens (tertiary/aromatic N) is 1. The van der Waals surface area contributed by atoms with E-state index in [1.165, 1.54) is 11.3 Å². The predicted octanol–water partition coefficient (Wildman–Crippen LogP) is 1.61. The second-order valence-corrected chi connectivity index (χ2v) is 9.59. The van der Waals surface area contributed by atoms with E-state index in [0.717, 1.165) is 17.0 Å². The minimum atomic E-state index is -0.514. The molecule has 2 heterocycles. The van der Waals surface area contributed by atoms with Crippen molar-refractivity contribution in [1.29, 1.82) is 5.41 Å². The number of amides is 3. The monoisotopic (exact) mass is 483 g/mol. The zero-order valence-electron chi connectivity index (χ0n) is 18.8. The maximum absolute atomic E-state index is 12.8. The molecule has 3 amide bonds. The molecule has 1 aromatic heterocycles. The van der Waals surface area contributed by atoms with Crippen LogP contribution in [0.1, 0.15) is 36.1 Å². The van der Waals surface area contributed by atoms with Crippen LogP contribution in [-0.4, -0.2) is 53.7 Å². The highest BCUT2D eigenvalue weighted by Gasteiger charge is 2.55. The zero-order valence-corrected chi connectivity index (χ0v) is 19.6. The van der Waals surface area contributed by atoms with Crippen LogP contribution in [0.25, 0.3) is 0 Å². The first kappa shape index (κ1) is 23.7. The highest BCUT2D eigenvalue weighted by atomic mass is 32.1. The third kappa shape index (κ3) is 5.93. The van der Waals surface area contributed by atoms with Gasteiger partial charge in [-0.3, -0.25) is 19.8 Å². The summed E-state index contributed by atoms with van der Waals surface area (Å²) in [7, 11) is 0. The lowest BCUT2D eigenvalue weighted by Gasteiger charge is -2.27. The summed E-state index contributed by atoms with van der Waals surface area (Å²) in [5.74, 6) is 0.478. The smallest absolute Gasteiger partial charge is 0.243 e. The first-order chi connectivity index (χ1) is 16.4. The van der Waals surface area contributed by atoms with Crippen LogP contribution in [0.15, 0.2) is 41.8 Å². The SMILES string of the molecule is N=C(N)c1csc(CNC(=O)C2CC3CC3N2C(=O)CNC(=O)CCCOc2ccccc2)c1. The molecule has 0 spiro atoms. The first-order valence-electron chi connectivity index (χ1n) is 11.4. The minimum Gasteiger partial charge on any atom is -0.494 e. The maximum Gasteiger partial charge on any atom is 0.243 e. The molecule has 1 saturated heterocycles. The number of nitrogen functional groups attached to an aromatic ring is 1. The normalized spacial score (nSPS) is 20.4. The molecule has 1 aliphatic heterocycles. The number of para-hydroxylation sites is 1. The number of thiophene rings is 1. The number of hydrogen-bond donors (Lipinski definition) is 4. The fraction of sp³-hybridized carbons (Fsp3) is 0.417. The predicted molar refractivity (Wildman–Crippen MR) is 129 cm³/mol. The Labute approximate surface area is 202 Å². The van der Waals surface area contributed by atoms with Crippen molar-refractivity contribution in [2.75, 3.05) is 13.2 Å². The van der Waals surface area contributed by atoms with E-state index in [0.29, 0.717) is 37.5 Å². The number of benzene rings is 1. The summed E-state index contributed by atoms with van der Waals surface area (Å²) >= 11 is 1.42. The number of carbonyl (C=O) groups is 3. The van der Waals surface area contributed by atoms with Crippen LogP contribution in [0.2, 0.25) is 0 Å². The second kappa shape index (κ2) is 10.7. The lowest BCUT2D eigenvalue weighted by atomic mass is 10.1. The highest BCUT2D eigenvalue weighted by molar-refractivity contribution is 7.10. The van der Waals surface area contributed by atoms with Gasteiger partial charge in [-0.2, -0.15) is 0 Å². The minimum absolute atomic E-state index is 0.00718. The Morgan fingerprint density at radius 1 is 1.18 bits per heavy atom. The van der Waals surface area contributed by atoms with Gasteiger partial charge in [-0.1, -0.05) is 18.2 Å². The number of carbonyl (C=O) groups excluding carboxylic acids is 3. The molecule has 2 fully saturated rings. The van der Waals surface area contributed by atoms with E-state index in [2.05, 4.69) is 10.6 Å². The fourth-order valence-electron chi connectivity index (χ4n) is 4.25. The summed E-state index contributed by atoms with van der Waals surface area (Å²) < 4.78 is 5.58. The topological polar surface area (TPSA) is 138 Å². The number of likely N-dealkylation sites (tertiary alicyclic amines) is 1. The van der Waals surface area contributed by atoms with E-state index in [9.17, 15) is 14.4 Å². The quantitative estimate of drug-likeness (QED) is 0.219. The van der Waals surface area contributed by atoms with Crippen molar-refractivity contribution in [1.82, 2.24) is 15.5 Å². The Morgan fingerprint density at radius 2 is 1.97 bits per heavy atom. The summed E-state index contributed by atoms with van der Waals surface area (Å²) in [4.78, 5) is 40.3. The molecule has 1 aromatic carbocycles. The Balaban J connectivity index is 1.19. The fourth-order valence-corrected chi connectivity index (χ4v) is 5.07. The van der Waals surface area contributed by atoms with Crippen molar-refractivity contribution in [2.45, 2.75) is 44.3 Å². The average Bonchev–Trinajstić information content (AvgIpc) is 3.25. The van der Waals surface area contributed by atoms with Gasteiger partial charge in [0.25, 0.3) is 0 Å². The van der Waals surface area contributed by atoms with Gasteiger partial charge < -0.3 is 26.0 Å². The van der Waals surface area contributed by atoms with Crippen molar-refractivity contribution in [3.63, 3.8) is 0 Å². The lowest BCUT2D eigenvalue weighted by molar-refractivity contribution is -0.140. The molecule has 180 valence electrons. The van der Waals surface area contributed by atoms with Gasteiger partial charge in [0.15, 0.2) is 0 Å². The summed E-state index contributed by atoms with van der Waals surface area (Å²) in [6.07, 6.45) is 2.37. The van der Waals surface area contributed by atoms with Crippen LogP contribution in [0, 0.1) is 11.3 Å². The Hall–Kier alpha value is -3.40. The highest BCUT2D eigenvalue weighted by Crippen LogP contribution is 2.47. The van der Waals surface area contributed by atoms with Crippen molar-refractivity contribution in [3.05, 3.63) is 52.2 Å². The summed E-state index contributed by atoms with van der Waals surface area (Å²) in [6.45, 7) is 0.631. The van der Waals surface area contributed by atoms with Gasteiger partial charge >= 0.3 is 0 Å². The number of amidine groups is 1. The number of piperidine rings is 1. The number of fused-ring (bicyclic) bond motifs is 1. The van der Waals surface area contributed by atoms with E-state index >= 15 is 0 Å². The molecule has 0 bridgehead atoms. The molecule has 1 aliphatic carbocycles. The van der Waals surface area contributed by atoms with Crippen molar-refractivity contribution < 1.29 is 19.1 Å². The van der Waals surface area contributed by atoms with Gasteiger partial charge in [0.05, 0.1) is 19.7 Å². The van der Waals surface area contributed by atoms with Gasteiger partial charge in [-0.25, -0.2) is 0 Å². The Bertz CT molecular complexity index is 1060. The molecule has 1 saturated carbocycles. The molecule has 34 heavy (non-hydrogen) atoms. The van der Waals surface area contributed by atoms with Crippen LogP contribution >= 0.6 is 11.3 Å². The second-order valence-electron chi connectivity index (χ2n) is 8.59. The molecule has 3 atom stereocenters. The number of hydrogen-bond acceptors (Lipinski definition) is 6. The van der Waals surface area contributed by atoms with Crippen molar-refractivity contribution >= 4 is 34.9 Å². The maximum atomic E-state index is 12.8. The van der Waals surface area contributed by atoms with Crippen LogP contribution in [0.4, 0.5) is 0 Å². The van der Waals surface area contributed by atoms with Gasteiger partial charge in [0.2, 0.25) is 17.7 Å². The number of rotatable bonds is 11. The molecule has 5 N–H and O–H groups in total. The van der Waals surface area contributed by atoms with Crippen LogP contribution < -0.4 is 21.1 Å². The molecule has 2 aliphatic rings. The third-order valence-electron chi connectivity index (χ3n) is 6.09. The van der Waals surface area contributed by atoms with Gasteiger partial charge in [0.1, 0.15) is 17.6 Å². The molecule has 4 rings (SSSR count). The number of nitrogens with two attached hydrogens (primary N) is 1. The average molecular weight is 484 g/mol. The first-order valence-corrected chi connectivity index (χ1v) is 12.3. The molecule has 3 unspecified atom stereocenters. The summed E-state index contributed by atoms with van der Waals surface area (Å²) in [6, 6.07) is 10.7. The number of ether oxygens (including phenoxy) is 1. The van der Waals surface area contributed by atoms with Gasteiger partial charge in [-0.15, -0.1) is 11.3 Å². The van der Waals surface area contributed by atoms with E-state index in [1.807, 2.05) is 30.3 Å². The van der Waals surface area contributed by atoms with Gasteiger partial charge in [-0.05, 0) is 43.4 Å². The summed E-state index contributed by atoms with van der Waals surface area (Å²) in [5, 5.41) is 14.8. The van der Waals surface area contributed by atoms with Crippen molar-refractivity contribution in [3.8, 4) is 5.75 Å². The van der Waals surface area contributed by atoms with E-state index < -0.39 is 6.04 Å². The lowest BCUT2D eigenvalue weighted by Crippen LogP contribution is -2.50. The van der Waals surface area contributed by atoms with Gasteiger partial charge in [0, 0.05) is 28.3 Å². The van der Waals surface area contributed by atoms with Crippen molar-refractivity contribution in [2.24, 2.45) is 11.7 Å². The molecule has 9 nitrogen and oxygen atoms in total.